The van der Waals surface area contributed by atoms with Gasteiger partial charge >= 0.3 is 0 Å². The van der Waals surface area contributed by atoms with Gasteiger partial charge in [0.05, 0.1) is 17.6 Å². The second-order valence-corrected chi connectivity index (χ2v) is 4.71. The molecule has 7 heteroatoms. The third-order valence-electron chi connectivity index (χ3n) is 3.32. The highest BCUT2D eigenvalue weighted by atomic mass is 16.6. The Hall–Kier alpha value is -2.57. The van der Waals surface area contributed by atoms with Gasteiger partial charge in [0.2, 0.25) is 0 Å². The van der Waals surface area contributed by atoms with E-state index < -0.39 is 0 Å². The molecule has 0 aliphatic carbocycles. The van der Waals surface area contributed by atoms with E-state index in [-0.39, 0.29) is 0 Å². The van der Waals surface area contributed by atoms with Crippen LogP contribution in [-0.2, 0) is 6.42 Å². The van der Waals surface area contributed by atoms with Crippen LogP contribution in [0.3, 0.4) is 0 Å². The Kier molecular flexibility index (Phi) is 3.24. The quantitative estimate of drug-likeness (QED) is 0.483. The van der Waals surface area contributed by atoms with Gasteiger partial charge in [0, 0.05) is 12.2 Å². The van der Waals surface area contributed by atoms with Crippen LogP contribution in [0.15, 0.2) is 23.0 Å². The Labute approximate surface area is 115 Å². The molecule has 0 radical (unpaired) electrons. The number of aromatic nitrogens is 4. The molecule has 3 rings (SSSR count). The first-order chi connectivity index (χ1) is 9.75. The maximum atomic E-state index is 5.80. The molecule has 1 aromatic carbocycles. The Bertz CT molecular complexity index is 717. The molecule has 0 bridgehead atoms. The zero-order valence-electron chi connectivity index (χ0n) is 11.2. The summed E-state index contributed by atoms with van der Waals surface area (Å²) in [6.07, 6.45) is 3.85. The zero-order valence-corrected chi connectivity index (χ0v) is 11.2. The van der Waals surface area contributed by atoms with Gasteiger partial charge in [0.25, 0.3) is 0 Å². The fourth-order valence-corrected chi connectivity index (χ4v) is 2.16. The molecule has 0 fully saturated rings. The minimum absolute atomic E-state index is 0.570. The number of benzene rings is 1. The second kappa shape index (κ2) is 5.20. The Morgan fingerprint density at radius 1 is 1.30 bits per heavy atom. The van der Waals surface area contributed by atoms with Crippen LogP contribution in [0, 0.1) is 6.92 Å². The Morgan fingerprint density at radius 3 is 2.95 bits per heavy atom. The van der Waals surface area contributed by atoms with Crippen LogP contribution in [0.25, 0.3) is 11.0 Å². The number of rotatable bonds is 5. The van der Waals surface area contributed by atoms with Crippen molar-refractivity contribution in [1.82, 2.24) is 20.5 Å². The average Bonchev–Trinajstić information content (AvgIpc) is 3.07. The molecule has 0 saturated heterocycles. The molecule has 0 aliphatic rings. The van der Waals surface area contributed by atoms with E-state index in [1.165, 1.54) is 5.56 Å². The van der Waals surface area contributed by atoms with E-state index in [9.17, 15) is 0 Å². The highest BCUT2D eigenvalue weighted by Crippen LogP contribution is 2.25. The molecule has 7 nitrogen and oxygen atoms in total. The number of anilines is 2. The van der Waals surface area contributed by atoms with Crippen LogP contribution in [0.1, 0.15) is 17.7 Å². The summed E-state index contributed by atoms with van der Waals surface area (Å²) in [6.45, 7) is 2.86. The lowest BCUT2D eigenvalue weighted by Crippen LogP contribution is -2.04. The van der Waals surface area contributed by atoms with Crippen LogP contribution in [0.2, 0.25) is 0 Å². The van der Waals surface area contributed by atoms with Crippen molar-refractivity contribution in [1.29, 1.82) is 0 Å². The van der Waals surface area contributed by atoms with Crippen molar-refractivity contribution in [3.63, 3.8) is 0 Å². The first-order valence-electron chi connectivity index (χ1n) is 6.49. The molecule has 0 saturated carbocycles. The summed E-state index contributed by atoms with van der Waals surface area (Å²) in [4.78, 5) is 0. The van der Waals surface area contributed by atoms with Gasteiger partial charge in [0.15, 0.2) is 11.0 Å². The number of nitrogens with two attached hydrogens (primary N) is 1. The third kappa shape index (κ3) is 2.29. The lowest BCUT2D eigenvalue weighted by Gasteiger charge is -2.06. The maximum Gasteiger partial charge on any atom is 0.160 e. The highest BCUT2D eigenvalue weighted by molar-refractivity contribution is 5.94. The predicted octanol–water partition coefficient (Wildman–Crippen LogP) is 1.88. The number of aryl methyl sites for hydroxylation is 2. The van der Waals surface area contributed by atoms with Crippen LogP contribution < -0.4 is 11.1 Å². The van der Waals surface area contributed by atoms with Gasteiger partial charge in [-0.2, -0.15) is 5.10 Å². The van der Waals surface area contributed by atoms with Gasteiger partial charge in [-0.15, -0.1) is 0 Å². The van der Waals surface area contributed by atoms with Gasteiger partial charge < -0.3 is 11.1 Å². The zero-order chi connectivity index (χ0) is 13.9. The number of nitrogen functional groups attached to an aromatic ring is 1. The topological polar surface area (TPSA) is 106 Å². The van der Waals surface area contributed by atoms with Crippen molar-refractivity contribution in [3.8, 4) is 0 Å². The van der Waals surface area contributed by atoms with Crippen molar-refractivity contribution in [2.75, 3.05) is 17.6 Å². The fraction of sp³-hybridized carbons (Fsp3) is 0.308. The molecule has 0 atom stereocenters. The average molecular weight is 272 g/mol. The smallest absolute Gasteiger partial charge is 0.160 e. The molecule has 20 heavy (non-hydrogen) atoms. The lowest BCUT2D eigenvalue weighted by molar-refractivity contribution is 0.316. The van der Waals surface area contributed by atoms with E-state index in [0.29, 0.717) is 16.7 Å². The molecule has 0 unspecified atom stereocenters. The summed E-state index contributed by atoms with van der Waals surface area (Å²) in [5.74, 6) is 0. The SMILES string of the molecule is Cc1[nH]ncc1CCCNc1ccc(N)c2nonc12. The summed E-state index contributed by atoms with van der Waals surface area (Å²) in [6, 6.07) is 3.69. The van der Waals surface area contributed by atoms with Crippen molar-refractivity contribution in [2.45, 2.75) is 19.8 Å². The van der Waals surface area contributed by atoms with Gasteiger partial charge in [0.1, 0.15) is 0 Å². The van der Waals surface area contributed by atoms with Gasteiger partial charge in [-0.1, -0.05) is 0 Å². The molecular formula is C13H16N6O. The Morgan fingerprint density at radius 2 is 2.15 bits per heavy atom. The highest BCUT2D eigenvalue weighted by Gasteiger charge is 2.09. The monoisotopic (exact) mass is 272 g/mol. The fourth-order valence-electron chi connectivity index (χ4n) is 2.16. The number of hydrogen-bond acceptors (Lipinski definition) is 6. The normalized spacial score (nSPS) is 11.1. The maximum absolute atomic E-state index is 5.80. The molecule has 0 amide bonds. The van der Waals surface area contributed by atoms with Crippen LogP contribution in [0.5, 0.6) is 0 Å². The number of H-pyrrole nitrogens is 1. The van der Waals surface area contributed by atoms with E-state index in [4.69, 9.17) is 10.4 Å². The van der Waals surface area contributed by atoms with Crippen LogP contribution in [0.4, 0.5) is 11.4 Å². The Balaban J connectivity index is 1.62. The summed E-state index contributed by atoms with van der Waals surface area (Å²) < 4.78 is 4.73. The van der Waals surface area contributed by atoms with Gasteiger partial charge in [-0.05, 0) is 47.8 Å². The van der Waals surface area contributed by atoms with E-state index >= 15 is 0 Å². The number of nitrogens with zero attached hydrogens (tertiary/aromatic N) is 3. The standard InChI is InChI=1S/C13H16N6O/c1-8-9(7-16-17-8)3-2-6-15-11-5-4-10(14)12-13(11)19-20-18-12/h4-5,7,15H,2-3,6,14H2,1H3,(H,16,17). The molecule has 4 N–H and O–H groups in total. The van der Waals surface area contributed by atoms with E-state index in [2.05, 4.69) is 25.8 Å². The van der Waals surface area contributed by atoms with E-state index in [1.807, 2.05) is 19.2 Å². The minimum Gasteiger partial charge on any atom is -0.397 e. The van der Waals surface area contributed by atoms with Gasteiger partial charge in [-0.25, -0.2) is 4.63 Å². The predicted molar refractivity (Wildman–Crippen MR) is 76.4 cm³/mol. The van der Waals surface area contributed by atoms with Crippen LogP contribution in [-0.4, -0.2) is 27.1 Å². The third-order valence-corrected chi connectivity index (χ3v) is 3.32. The van der Waals surface area contributed by atoms with E-state index in [1.54, 1.807) is 6.07 Å². The lowest BCUT2D eigenvalue weighted by atomic mass is 10.1. The molecule has 2 heterocycles. The summed E-state index contributed by atoms with van der Waals surface area (Å²) in [5, 5.41) is 18.0. The number of aromatic amines is 1. The molecule has 104 valence electrons. The second-order valence-electron chi connectivity index (χ2n) is 4.71. The molecule has 0 aliphatic heterocycles. The number of hydrogen-bond donors (Lipinski definition) is 3. The van der Waals surface area contributed by atoms with E-state index in [0.717, 1.165) is 30.8 Å². The molecular weight excluding hydrogens is 256 g/mol. The number of fused-ring (bicyclic) bond motifs is 1. The van der Waals surface area contributed by atoms with Crippen molar-refractivity contribution < 1.29 is 4.63 Å². The first kappa shape index (κ1) is 12.5. The molecule has 0 spiro atoms. The van der Waals surface area contributed by atoms with Crippen molar-refractivity contribution >= 4 is 22.4 Å². The summed E-state index contributed by atoms with van der Waals surface area (Å²) >= 11 is 0. The minimum atomic E-state index is 0.570. The largest absolute Gasteiger partial charge is 0.397 e. The van der Waals surface area contributed by atoms with Crippen molar-refractivity contribution in [3.05, 3.63) is 29.6 Å². The summed E-state index contributed by atoms with van der Waals surface area (Å²) in [7, 11) is 0. The first-order valence-corrected chi connectivity index (χ1v) is 6.49. The van der Waals surface area contributed by atoms with Crippen LogP contribution >= 0.6 is 0 Å². The molecule has 2 aromatic heterocycles. The number of nitrogens with one attached hydrogen (secondary N) is 2. The van der Waals surface area contributed by atoms with Gasteiger partial charge in [-0.3, -0.25) is 5.10 Å². The summed E-state index contributed by atoms with van der Waals surface area (Å²) in [5.41, 5.74) is 10.9. The van der Waals surface area contributed by atoms with Crippen molar-refractivity contribution in [2.24, 2.45) is 0 Å². The molecule has 3 aromatic rings.